The van der Waals surface area contributed by atoms with Gasteiger partial charge in [-0.3, -0.25) is 0 Å². The first kappa shape index (κ1) is 16.1. The Balaban J connectivity index is 3.84. The maximum absolute atomic E-state index is 11.1. The van der Waals surface area contributed by atoms with Gasteiger partial charge in [0.2, 0.25) is 0 Å². The number of aliphatic hydroxyl groups is 1. The highest BCUT2D eigenvalue weighted by atomic mass is 16.5. The standard InChI is InChI=1S/C13H25NO3/c1-4-5-12(7-9-15)10-14-8-6-11(2)13(16)17-3/h6,12,14-15H,4-5,7-10H2,1-3H3/b11-6-. The van der Waals surface area contributed by atoms with Crippen molar-refractivity contribution in [1.29, 1.82) is 0 Å². The van der Waals surface area contributed by atoms with Crippen molar-refractivity contribution in [2.24, 2.45) is 5.92 Å². The molecule has 1 unspecified atom stereocenters. The summed E-state index contributed by atoms with van der Waals surface area (Å²) in [6.07, 6.45) is 4.91. The summed E-state index contributed by atoms with van der Waals surface area (Å²) in [7, 11) is 1.38. The highest BCUT2D eigenvalue weighted by Crippen LogP contribution is 2.09. The molecule has 0 aromatic heterocycles. The van der Waals surface area contributed by atoms with Crippen molar-refractivity contribution < 1.29 is 14.6 Å². The van der Waals surface area contributed by atoms with Crippen LogP contribution in [0.4, 0.5) is 0 Å². The topological polar surface area (TPSA) is 58.6 Å². The van der Waals surface area contributed by atoms with Crippen LogP contribution in [0.3, 0.4) is 0 Å². The first-order valence-electron chi connectivity index (χ1n) is 6.22. The van der Waals surface area contributed by atoms with E-state index in [1.54, 1.807) is 6.92 Å². The number of methoxy groups -OCH3 is 1. The largest absolute Gasteiger partial charge is 0.466 e. The van der Waals surface area contributed by atoms with Gasteiger partial charge in [0.25, 0.3) is 0 Å². The van der Waals surface area contributed by atoms with Crippen LogP contribution < -0.4 is 5.32 Å². The number of rotatable bonds is 9. The van der Waals surface area contributed by atoms with Crippen molar-refractivity contribution in [2.45, 2.75) is 33.1 Å². The predicted octanol–water partition coefficient (Wildman–Crippen LogP) is 1.49. The van der Waals surface area contributed by atoms with Crippen molar-refractivity contribution >= 4 is 5.97 Å². The monoisotopic (exact) mass is 243 g/mol. The molecule has 1 atom stereocenters. The first-order valence-corrected chi connectivity index (χ1v) is 6.22. The van der Waals surface area contributed by atoms with Gasteiger partial charge in [-0.05, 0) is 32.2 Å². The number of nitrogens with one attached hydrogen (secondary N) is 1. The summed E-state index contributed by atoms with van der Waals surface area (Å²) in [6, 6.07) is 0. The fourth-order valence-corrected chi connectivity index (χ4v) is 1.70. The van der Waals surface area contributed by atoms with Gasteiger partial charge >= 0.3 is 5.97 Å². The van der Waals surface area contributed by atoms with Crippen molar-refractivity contribution in [3.05, 3.63) is 11.6 Å². The molecule has 0 heterocycles. The highest BCUT2D eigenvalue weighted by molar-refractivity contribution is 5.87. The molecule has 0 amide bonds. The fourth-order valence-electron chi connectivity index (χ4n) is 1.70. The number of aliphatic hydroxyl groups excluding tert-OH is 1. The Morgan fingerprint density at radius 1 is 1.47 bits per heavy atom. The summed E-state index contributed by atoms with van der Waals surface area (Å²) in [4.78, 5) is 11.1. The first-order chi connectivity index (χ1) is 8.15. The van der Waals surface area contributed by atoms with Crippen molar-refractivity contribution in [1.82, 2.24) is 5.32 Å². The number of carbonyl (C=O) groups excluding carboxylic acids is 1. The van der Waals surface area contributed by atoms with Crippen LogP contribution in [0, 0.1) is 5.92 Å². The van der Waals surface area contributed by atoms with Gasteiger partial charge in [0.05, 0.1) is 7.11 Å². The molecule has 0 fully saturated rings. The van der Waals surface area contributed by atoms with E-state index in [1.807, 2.05) is 6.08 Å². The molecule has 0 saturated heterocycles. The molecular formula is C13H25NO3. The SMILES string of the molecule is CCCC(CCO)CNC/C=C(/C)C(=O)OC. The highest BCUT2D eigenvalue weighted by Gasteiger charge is 2.06. The Bertz CT molecular complexity index is 233. The van der Waals surface area contributed by atoms with Gasteiger partial charge in [0.15, 0.2) is 0 Å². The van der Waals surface area contributed by atoms with E-state index in [4.69, 9.17) is 5.11 Å². The molecule has 0 radical (unpaired) electrons. The average molecular weight is 243 g/mol. The smallest absolute Gasteiger partial charge is 0.333 e. The summed E-state index contributed by atoms with van der Waals surface area (Å²) in [6.45, 7) is 5.66. The van der Waals surface area contributed by atoms with Crippen LogP contribution in [0.25, 0.3) is 0 Å². The number of ether oxygens (including phenoxy) is 1. The Hall–Kier alpha value is -0.870. The Morgan fingerprint density at radius 3 is 2.71 bits per heavy atom. The molecular weight excluding hydrogens is 218 g/mol. The summed E-state index contributed by atoms with van der Waals surface area (Å²) in [5.41, 5.74) is 0.620. The van der Waals surface area contributed by atoms with Gasteiger partial charge in [-0.25, -0.2) is 4.79 Å². The van der Waals surface area contributed by atoms with Crippen molar-refractivity contribution in [3.63, 3.8) is 0 Å². The third-order valence-corrected chi connectivity index (χ3v) is 2.73. The zero-order valence-electron chi connectivity index (χ0n) is 11.2. The number of esters is 1. The molecule has 0 spiro atoms. The van der Waals surface area contributed by atoms with Crippen LogP contribution in [-0.4, -0.2) is 37.9 Å². The van der Waals surface area contributed by atoms with E-state index in [0.717, 1.165) is 25.8 Å². The van der Waals surface area contributed by atoms with Gasteiger partial charge in [-0.2, -0.15) is 0 Å². The Kier molecular flexibility index (Phi) is 9.77. The molecule has 0 rings (SSSR count). The lowest BCUT2D eigenvalue weighted by atomic mass is 10.0. The van der Waals surface area contributed by atoms with Crippen molar-refractivity contribution in [3.8, 4) is 0 Å². The second-order valence-corrected chi connectivity index (χ2v) is 4.20. The van der Waals surface area contributed by atoms with Crippen LogP contribution in [0.2, 0.25) is 0 Å². The summed E-state index contributed by atoms with van der Waals surface area (Å²) in [5.74, 6) is 0.226. The molecule has 100 valence electrons. The fraction of sp³-hybridized carbons (Fsp3) is 0.769. The summed E-state index contributed by atoms with van der Waals surface area (Å²) >= 11 is 0. The molecule has 0 aliphatic rings. The van der Waals surface area contributed by atoms with Gasteiger partial charge in [-0.15, -0.1) is 0 Å². The van der Waals surface area contributed by atoms with E-state index in [1.165, 1.54) is 7.11 Å². The normalized spacial score (nSPS) is 13.5. The van der Waals surface area contributed by atoms with Crippen LogP contribution in [-0.2, 0) is 9.53 Å². The van der Waals surface area contributed by atoms with E-state index >= 15 is 0 Å². The van der Waals surface area contributed by atoms with E-state index in [-0.39, 0.29) is 12.6 Å². The number of hydrogen-bond donors (Lipinski definition) is 2. The lowest BCUT2D eigenvalue weighted by Gasteiger charge is -2.14. The minimum absolute atomic E-state index is 0.239. The molecule has 0 aliphatic heterocycles. The van der Waals surface area contributed by atoms with Gasteiger partial charge in [0.1, 0.15) is 0 Å². The van der Waals surface area contributed by atoms with E-state index < -0.39 is 0 Å². The summed E-state index contributed by atoms with van der Waals surface area (Å²) < 4.78 is 4.60. The van der Waals surface area contributed by atoms with E-state index in [2.05, 4.69) is 17.0 Å². The molecule has 0 aromatic carbocycles. The van der Waals surface area contributed by atoms with Crippen LogP contribution >= 0.6 is 0 Å². The average Bonchev–Trinajstić information content (AvgIpc) is 2.33. The molecule has 0 bridgehead atoms. The molecule has 4 heteroatoms. The molecule has 4 nitrogen and oxygen atoms in total. The molecule has 0 aliphatic carbocycles. The van der Waals surface area contributed by atoms with E-state index in [9.17, 15) is 4.79 Å². The lowest BCUT2D eigenvalue weighted by Crippen LogP contribution is -2.24. The van der Waals surface area contributed by atoms with Gasteiger partial charge < -0.3 is 15.2 Å². The second-order valence-electron chi connectivity index (χ2n) is 4.20. The molecule has 0 saturated carbocycles. The van der Waals surface area contributed by atoms with Crippen LogP contribution in [0.1, 0.15) is 33.1 Å². The zero-order valence-corrected chi connectivity index (χ0v) is 11.2. The quantitative estimate of drug-likeness (QED) is 0.366. The van der Waals surface area contributed by atoms with Crippen molar-refractivity contribution in [2.75, 3.05) is 26.8 Å². The van der Waals surface area contributed by atoms with Crippen LogP contribution in [0.5, 0.6) is 0 Å². The zero-order chi connectivity index (χ0) is 13.1. The van der Waals surface area contributed by atoms with Gasteiger partial charge in [0, 0.05) is 18.7 Å². The summed E-state index contributed by atoms with van der Waals surface area (Å²) in [5, 5.41) is 12.2. The Morgan fingerprint density at radius 2 is 2.18 bits per heavy atom. The molecule has 0 aromatic rings. The third kappa shape index (κ3) is 7.94. The maximum atomic E-state index is 11.1. The molecule has 2 N–H and O–H groups in total. The minimum Gasteiger partial charge on any atom is -0.466 e. The van der Waals surface area contributed by atoms with Gasteiger partial charge in [-0.1, -0.05) is 19.4 Å². The number of carbonyl (C=O) groups is 1. The minimum atomic E-state index is -0.285. The lowest BCUT2D eigenvalue weighted by molar-refractivity contribution is -0.136. The third-order valence-electron chi connectivity index (χ3n) is 2.73. The number of hydrogen-bond acceptors (Lipinski definition) is 4. The predicted molar refractivity (Wildman–Crippen MR) is 68.7 cm³/mol. The van der Waals surface area contributed by atoms with E-state index in [0.29, 0.717) is 18.0 Å². The maximum Gasteiger partial charge on any atom is 0.333 e. The second kappa shape index (κ2) is 10.3. The van der Waals surface area contributed by atoms with Crippen LogP contribution in [0.15, 0.2) is 11.6 Å². The Labute approximate surface area is 104 Å². The molecule has 17 heavy (non-hydrogen) atoms.